The van der Waals surface area contributed by atoms with E-state index in [1.54, 1.807) is 19.4 Å². The molecule has 7 nitrogen and oxygen atoms in total. The summed E-state index contributed by atoms with van der Waals surface area (Å²) in [6.45, 7) is 1.12. The van der Waals surface area contributed by atoms with E-state index in [9.17, 15) is 4.79 Å². The number of rotatable bonds is 5. The maximum atomic E-state index is 12.2. The highest BCUT2D eigenvalue weighted by atomic mass is 16.2. The van der Waals surface area contributed by atoms with Crippen LogP contribution in [0.2, 0.25) is 0 Å². The zero-order valence-corrected chi connectivity index (χ0v) is 13.1. The van der Waals surface area contributed by atoms with Crippen molar-refractivity contribution in [1.29, 1.82) is 0 Å². The number of carbonyl (C=O) groups excluding carboxylic acids is 1. The largest absolute Gasteiger partial charge is 0.333 e. The Kier molecular flexibility index (Phi) is 4.77. The maximum Gasteiger partial charge on any atom is 0.237 e. The summed E-state index contributed by atoms with van der Waals surface area (Å²) < 4.78 is 0. The molecule has 1 atom stereocenters. The van der Waals surface area contributed by atoms with Gasteiger partial charge in [0.05, 0.1) is 18.3 Å². The Morgan fingerprint density at radius 3 is 3.00 bits per heavy atom. The Balaban J connectivity index is 1.77. The molecule has 1 fully saturated rings. The van der Waals surface area contributed by atoms with Crippen LogP contribution in [0.5, 0.6) is 0 Å². The van der Waals surface area contributed by atoms with Crippen molar-refractivity contribution in [3.05, 3.63) is 42.4 Å². The number of amides is 1. The number of likely N-dealkylation sites (N-methyl/N-ethyl adjacent to an activating group) is 1. The molecule has 0 saturated carbocycles. The van der Waals surface area contributed by atoms with Gasteiger partial charge in [0.2, 0.25) is 11.9 Å². The van der Waals surface area contributed by atoms with Crippen LogP contribution in [-0.4, -0.2) is 45.9 Å². The molecule has 1 aliphatic heterocycles. The van der Waals surface area contributed by atoms with Gasteiger partial charge in [0.25, 0.3) is 0 Å². The summed E-state index contributed by atoms with van der Waals surface area (Å²) in [6.07, 6.45) is 5.34. The van der Waals surface area contributed by atoms with Gasteiger partial charge in [-0.25, -0.2) is 15.0 Å². The summed E-state index contributed by atoms with van der Waals surface area (Å²) >= 11 is 0. The minimum absolute atomic E-state index is 0.0168. The first-order valence-electron chi connectivity index (χ1n) is 7.73. The molecule has 23 heavy (non-hydrogen) atoms. The molecule has 120 valence electrons. The summed E-state index contributed by atoms with van der Waals surface area (Å²) in [6, 6.07) is 7.50. The fraction of sp³-hybridized carbons (Fsp3) is 0.375. The lowest BCUT2D eigenvalue weighted by molar-refractivity contribution is -0.131. The fourth-order valence-electron chi connectivity index (χ4n) is 2.80. The Labute approximate surface area is 135 Å². The highest BCUT2D eigenvalue weighted by molar-refractivity contribution is 5.79. The predicted octanol–water partition coefficient (Wildman–Crippen LogP) is 1.50. The number of hydrogen-bond donors (Lipinski definition) is 2. The number of nitrogens with zero attached hydrogens (tertiary/aromatic N) is 4. The van der Waals surface area contributed by atoms with Crippen LogP contribution in [0, 0.1) is 0 Å². The van der Waals surface area contributed by atoms with Gasteiger partial charge in [-0.3, -0.25) is 4.79 Å². The lowest BCUT2D eigenvalue weighted by Crippen LogP contribution is -2.37. The Hall–Kier alpha value is -2.54. The van der Waals surface area contributed by atoms with E-state index in [4.69, 9.17) is 0 Å². The van der Waals surface area contributed by atoms with Crippen molar-refractivity contribution >= 4 is 17.7 Å². The van der Waals surface area contributed by atoms with Crippen LogP contribution in [0.3, 0.4) is 0 Å². The Morgan fingerprint density at radius 1 is 1.30 bits per heavy atom. The van der Waals surface area contributed by atoms with Gasteiger partial charge in [-0.15, -0.1) is 0 Å². The average Bonchev–Trinajstić information content (AvgIpc) is 3.06. The minimum Gasteiger partial charge on any atom is -0.333 e. The van der Waals surface area contributed by atoms with Crippen LogP contribution in [-0.2, 0) is 4.79 Å². The smallest absolute Gasteiger partial charge is 0.237 e. The number of carbonyl (C=O) groups is 1. The van der Waals surface area contributed by atoms with Crippen molar-refractivity contribution in [2.24, 2.45) is 0 Å². The number of aromatic nitrogens is 3. The zero-order valence-electron chi connectivity index (χ0n) is 13.1. The SMILES string of the molecule is CNCC(=O)N1CCC[C@@H]1c1ccnc(Nc2ccccn2)n1. The van der Waals surface area contributed by atoms with Gasteiger partial charge < -0.3 is 15.5 Å². The molecule has 0 aliphatic carbocycles. The van der Waals surface area contributed by atoms with Crippen LogP contribution < -0.4 is 10.6 Å². The Morgan fingerprint density at radius 2 is 2.22 bits per heavy atom. The quantitative estimate of drug-likeness (QED) is 0.870. The van der Waals surface area contributed by atoms with Crippen LogP contribution in [0.4, 0.5) is 11.8 Å². The third-order valence-electron chi connectivity index (χ3n) is 3.82. The number of anilines is 2. The molecule has 2 aromatic heterocycles. The van der Waals surface area contributed by atoms with Gasteiger partial charge in [-0.05, 0) is 38.1 Å². The van der Waals surface area contributed by atoms with Crippen LogP contribution in [0.15, 0.2) is 36.7 Å². The number of hydrogen-bond acceptors (Lipinski definition) is 6. The second-order valence-electron chi connectivity index (χ2n) is 5.42. The van der Waals surface area contributed by atoms with E-state index in [0.717, 1.165) is 25.1 Å². The van der Waals surface area contributed by atoms with E-state index >= 15 is 0 Å². The molecule has 3 heterocycles. The Bertz CT molecular complexity index is 663. The molecule has 2 aromatic rings. The van der Waals surface area contributed by atoms with Gasteiger partial charge >= 0.3 is 0 Å². The number of pyridine rings is 1. The predicted molar refractivity (Wildman–Crippen MR) is 87.2 cm³/mol. The lowest BCUT2D eigenvalue weighted by atomic mass is 10.1. The third-order valence-corrected chi connectivity index (χ3v) is 3.82. The maximum absolute atomic E-state index is 12.2. The van der Waals surface area contributed by atoms with E-state index in [-0.39, 0.29) is 11.9 Å². The molecular formula is C16H20N6O. The first-order chi connectivity index (χ1) is 11.3. The number of likely N-dealkylation sites (tertiary alicyclic amines) is 1. The van der Waals surface area contributed by atoms with Crippen molar-refractivity contribution in [1.82, 2.24) is 25.2 Å². The highest BCUT2D eigenvalue weighted by Gasteiger charge is 2.30. The first kappa shape index (κ1) is 15.4. The second-order valence-corrected chi connectivity index (χ2v) is 5.42. The molecule has 0 spiro atoms. The van der Waals surface area contributed by atoms with E-state index in [2.05, 4.69) is 25.6 Å². The normalized spacial score (nSPS) is 17.3. The lowest BCUT2D eigenvalue weighted by Gasteiger charge is -2.24. The minimum atomic E-state index is 0.0168. The molecular weight excluding hydrogens is 292 g/mol. The molecule has 0 unspecified atom stereocenters. The van der Waals surface area contributed by atoms with Crippen molar-refractivity contribution in [2.45, 2.75) is 18.9 Å². The van der Waals surface area contributed by atoms with Gasteiger partial charge in [-0.1, -0.05) is 6.07 Å². The zero-order chi connectivity index (χ0) is 16.1. The molecule has 0 aromatic carbocycles. The summed E-state index contributed by atoms with van der Waals surface area (Å²) in [5, 5.41) is 6.00. The van der Waals surface area contributed by atoms with E-state index in [1.807, 2.05) is 29.2 Å². The molecule has 2 N–H and O–H groups in total. The summed E-state index contributed by atoms with van der Waals surface area (Å²) in [7, 11) is 1.78. The highest BCUT2D eigenvalue weighted by Crippen LogP contribution is 2.31. The summed E-state index contributed by atoms with van der Waals surface area (Å²) in [4.78, 5) is 27.1. The van der Waals surface area contributed by atoms with Gasteiger partial charge in [-0.2, -0.15) is 0 Å². The van der Waals surface area contributed by atoms with Crippen molar-refractivity contribution in [2.75, 3.05) is 25.5 Å². The average molecular weight is 312 g/mol. The fourth-order valence-corrected chi connectivity index (χ4v) is 2.80. The molecule has 7 heteroatoms. The second kappa shape index (κ2) is 7.15. The van der Waals surface area contributed by atoms with Crippen LogP contribution in [0.25, 0.3) is 0 Å². The number of nitrogens with one attached hydrogen (secondary N) is 2. The summed E-state index contributed by atoms with van der Waals surface area (Å²) in [5.74, 6) is 1.29. The van der Waals surface area contributed by atoms with Crippen molar-refractivity contribution < 1.29 is 4.79 Å². The molecule has 1 aliphatic rings. The van der Waals surface area contributed by atoms with Crippen molar-refractivity contribution in [3.63, 3.8) is 0 Å². The van der Waals surface area contributed by atoms with Gasteiger partial charge in [0, 0.05) is 18.9 Å². The monoisotopic (exact) mass is 312 g/mol. The summed E-state index contributed by atoms with van der Waals surface area (Å²) in [5.41, 5.74) is 0.861. The standard InChI is InChI=1S/C16H20N6O/c1-17-11-15(23)22-10-4-5-13(22)12-7-9-19-16(20-12)21-14-6-2-3-8-18-14/h2-3,6-9,13,17H,4-5,10-11H2,1H3,(H,18,19,20,21)/t13-/m1/s1. The molecule has 0 radical (unpaired) electrons. The van der Waals surface area contributed by atoms with Crippen LogP contribution in [0.1, 0.15) is 24.6 Å². The van der Waals surface area contributed by atoms with E-state index in [1.165, 1.54) is 0 Å². The molecule has 1 amide bonds. The van der Waals surface area contributed by atoms with E-state index < -0.39 is 0 Å². The molecule has 0 bridgehead atoms. The van der Waals surface area contributed by atoms with Gasteiger partial charge in [0.1, 0.15) is 5.82 Å². The first-order valence-corrected chi connectivity index (χ1v) is 7.73. The topological polar surface area (TPSA) is 83.0 Å². The van der Waals surface area contributed by atoms with Gasteiger partial charge in [0.15, 0.2) is 0 Å². The van der Waals surface area contributed by atoms with Crippen LogP contribution >= 0.6 is 0 Å². The van der Waals surface area contributed by atoms with E-state index in [0.29, 0.717) is 18.3 Å². The third kappa shape index (κ3) is 3.62. The van der Waals surface area contributed by atoms with Crippen molar-refractivity contribution in [3.8, 4) is 0 Å². The molecule has 3 rings (SSSR count). The molecule has 1 saturated heterocycles.